The van der Waals surface area contributed by atoms with Crippen LogP contribution in [0.3, 0.4) is 0 Å². The van der Waals surface area contributed by atoms with E-state index < -0.39 is 24.0 Å². The first-order chi connectivity index (χ1) is 14.9. The summed E-state index contributed by atoms with van der Waals surface area (Å²) in [5, 5.41) is 23.0. The van der Waals surface area contributed by atoms with Crippen molar-refractivity contribution in [3.63, 3.8) is 0 Å². The zero-order valence-electron chi connectivity index (χ0n) is 17.2. The first-order valence-corrected chi connectivity index (χ1v) is 9.76. The van der Waals surface area contributed by atoms with Crippen LogP contribution in [0.25, 0.3) is 10.8 Å². The average Bonchev–Trinajstić information content (AvgIpc) is 2.78. The zero-order chi connectivity index (χ0) is 22.4. The standard InChI is InChI=1S/C24H24N2O5/c1-15-7-10-17(11-8-15)25-24(29)31-23(16(2)9-14-22(28)26-30)20-12-13-21(27)19-6-4-3-5-18(19)20/h3-14,16,23,27,30H,1-2H3,(H,25,29)(H,26,28)/b14-9+/t16-,23-/m0/s1. The fraction of sp³-hybridized carbons (Fsp3) is 0.167. The van der Waals surface area contributed by atoms with Crippen LogP contribution in [-0.2, 0) is 9.53 Å². The van der Waals surface area contributed by atoms with Gasteiger partial charge < -0.3 is 9.84 Å². The maximum absolute atomic E-state index is 12.7. The van der Waals surface area contributed by atoms with Crippen molar-refractivity contribution in [1.82, 2.24) is 5.48 Å². The Morgan fingerprint density at radius 3 is 2.35 bits per heavy atom. The molecule has 0 radical (unpaired) electrons. The van der Waals surface area contributed by atoms with E-state index in [0.29, 0.717) is 16.6 Å². The van der Waals surface area contributed by atoms with E-state index in [1.165, 1.54) is 17.6 Å². The van der Waals surface area contributed by atoms with E-state index in [4.69, 9.17) is 9.94 Å². The molecule has 0 unspecified atom stereocenters. The van der Waals surface area contributed by atoms with Gasteiger partial charge in [-0.1, -0.05) is 61.0 Å². The second kappa shape index (κ2) is 9.77. The van der Waals surface area contributed by atoms with Crippen LogP contribution in [0.2, 0.25) is 0 Å². The number of hydrogen-bond acceptors (Lipinski definition) is 5. The van der Waals surface area contributed by atoms with Crippen molar-refractivity contribution in [2.75, 3.05) is 5.32 Å². The molecule has 4 N–H and O–H groups in total. The number of rotatable bonds is 6. The summed E-state index contributed by atoms with van der Waals surface area (Å²) in [5.41, 5.74) is 3.86. The lowest BCUT2D eigenvalue weighted by Gasteiger charge is -2.24. The summed E-state index contributed by atoms with van der Waals surface area (Å²) >= 11 is 0. The fourth-order valence-corrected chi connectivity index (χ4v) is 3.29. The van der Waals surface area contributed by atoms with Gasteiger partial charge in [0.05, 0.1) is 0 Å². The van der Waals surface area contributed by atoms with Crippen LogP contribution in [0.1, 0.15) is 24.2 Å². The molecule has 31 heavy (non-hydrogen) atoms. The molecule has 0 aromatic heterocycles. The molecular weight excluding hydrogens is 396 g/mol. The number of nitrogens with one attached hydrogen (secondary N) is 2. The van der Waals surface area contributed by atoms with Crippen LogP contribution < -0.4 is 10.8 Å². The minimum absolute atomic E-state index is 0.116. The van der Waals surface area contributed by atoms with Gasteiger partial charge in [-0.15, -0.1) is 0 Å². The lowest BCUT2D eigenvalue weighted by atomic mass is 9.92. The SMILES string of the molecule is Cc1ccc(NC(=O)O[C@H](c2ccc(O)c3ccccc23)[C@@H](C)/C=C/C(=O)NO)cc1. The molecule has 2 atom stereocenters. The van der Waals surface area contributed by atoms with Gasteiger partial charge in [-0.05, 0) is 30.5 Å². The molecule has 0 saturated heterocycles. The summed E-state index contributed by atoms with van der Waals surface area (Å²) in [6, 6.07) is 17.8. The largest absolute Gasteiger partial charge is 0.507 e. The topological polar surface area (TPSA) is 108 Å². The molecule has 2 amide bonds. The lowest BCUT2D eigenvalue weighted by Crippen LogP contribution is -2.22. The van der Waals surface area contributed by atoms with Gasteiger partial charge in [0.2, 0.25) is 0 Å². The van der Waals surface area contributed by atoms with Crippen molar-refractivity contribution in [1.29, 1.82) is 0 Å². The van der Waals surface area contributed by atoms with Crippen LogP contribution in [0, 0.1) is 12.8 Å². The summed E-state index contributed by atoms with van der Waals surface area (Å²) < 4.78 is 5.77. The highest BCUT2D eigenvalue weighted by Crippen LogP contribution is 2.36. The molecule has 0 aliphatic carbocycles. The van der Waals surface area contributed by atoms with Crippen LogP contribution in [-0.4, -0.2) is 22.3 Å². The number of carbonyl (C=O) groups is 2. The van der Waals surface area contributed by atoms with Crippen molar-refractivity contribution >= 4 is 28.5 Å². The van der Waals surface area contributed by atoms with Gasteiger partial charge in [0.15, 0.2) is 0 Å². The lowest BCUT2D eigenvalue weighted by molar-refractivity contribution is -0.124. The number of carbonyl (C=O) groups excluding carboxylic acids is 2. The maximum atomic E-state index is 12.7. The Kier molecular flexibility index (Phi) is 6.89. The normalized spacial score (nSPS) is 13.0. The number of phenols is 1. The van der Waals surface area contributed by atoms with Gasteiger partial charge in [0.1, 0.15) is 11.9 Å². The third kappa shape index (κ3) is 5.40. The highest BCUT2D eigenvalue weighted by Gasteiger charge is 2.25. The summed E-state index contributed by atoms with van der Waals surface area (Å²) in [6.45, 7) is 3.73. The predicted molar refractivity (Wildman–Crippen MR) is 118 cm³/mol. The summed E-state index contributed by atoms with van der Waals surface area (Å²) in [7, 11) is 0. The smallest absolute Gasteiger partial charge is 0.412 e. The summed E-state index contributed by atoms with van der Waals surface area (Å²) in [4.78, 5) is 24.1. The van der Waals surface area contributed by atoms with E-state index in [0.717, 1.165) is 10.9 Å². The number of anilines is 1. The molecule has 0 bridgehead atoms. The molecule has 0 aliphatic heterocycles. The van der Waals surface area contributed by atoms with Crippen molar-refractivity contribution in [2.24, 2.45) is 5.92 Å². The van der Waals surface area contributed by atoms with Crippen molar-refractivity contribution in [3.8, 4) is 5.75 Å². The number of aromatic hydroxyl groups is 1. The Morgan fingerprint density at radius 2 is 1.68 bits per heavy atom. The Bertz CT molecular complexity index is 1110. The maximum Gasteiger partial charge on any atom is 0.412 e. The minimum Gasteiger partial charge on any atom is -0.507 e. The van der Waals surface area contributed by atoms with Crippen molar-refractivity contribution in [2.45, 2.75) is 20.0 Å². The van der Waals surface area contributed by atoms with E-state index in [2.05, 4.69) is 5.32 Å². The molecule has 0 fully saturated rings. The molecule has 160 valence electrons. The molecule has 0 spiro atoms. The zero-order valence-corrected chi connectivity index (χ0v) is 17.2. The number of hydrogen-bond donors (Lipinski definition) is 4. The van der Waals surface area contributed by atoms with Crippen LogP contribution in [0.4, 0.5) is 10.5 Å². The second-order valence-electron chi connectivity index (χ2n) is 7.23. The Morgan fingerprint density at radius 1 is 1.00 bits per heavy atom. The van der Waals surface area contributed by atoms with E-state index in [1.807, 2.05) is 31.2 Å². The number of hydroxylamine groups is 1. The number of phenolic OH excluding ortho intramolecular Hbond substituents is 1. The van der Waals surface area contributed by atoms with Crippen molar-refractivity contribution < 1.29 is 24.6 Å². The molecule has 0 aliphatic rings. The quantitative estimate of drug-likeness (QED) is 0.259. The Labute approximate surface area is 179 Å². The van der Waals surface area contributed by atoms with Crippen molar-refractivity contribution in [3.05, 3.63) is 83.9 Å². The first kappa shape index (κ1) is 21.9. The van der Waals surface area contributed by atoms with Gasteiger partial charge >= 0.3 is 6.09 Å². The second-order valence-corrected chi connectivity index (χ2v) is 7.23. The highest BCUT2D eigenvalue weighted by molar-refractivity contribution is 5.92. The van der Waals surface area contributed by atoms with Crippen LogP contribution in [0.5, 0.6) is 5.75 Å². The number of fused-ring (bicyclic) bond motifs is 1. The number of aryl methyl sites for hydroxylation is 1. The van der Waals surface area contributed by atoms with Gasteiger partial charge in [-0.25, -0.2) is 10.3 Å². The van der Waals surface area contributed by atoms with E-state index in [9.17, 15) is 14.7 Å². The van der Waals surface area contributed by atoms with E-state index in [1.54, 1.807) is 43.3 Å². The third-order valence-electron chi connectivity index (χ3n) is 4.91. The fourth-order valence-electron chi connectivity index (χ4n) is 3.29. The number of benzene rings is 3. The molecule has 3 rings (SSSR count). The molecule has 0 saturated carbocycles. The van der Waals surface area contributed by atoms with Gasteiger partial charge in [0.25, 0.3) is 5.91 Å². The Hall–Kier alpha value is -3.84. The summed E-state index contributed by atoms with van der Waals surface area (Å²) in [6.07, 6.45) is 1.29. The molecular formula is C24H24N2O5. The third-order valence-corrected chi connectivity index (χ3v) is 4.91. The first-order valence-electron chi connectivity index (χ1n) is 9.76. The minimum atomic E-state index is -0.765. The average molecular weight is 420 g/mol. The van der Waals surface area contributed by atoms with Gasteiger partial charge in [0, 0.05) is 28.6 Å². The monoisotopic (exact) mass is 420 g/mol. The van der Waals surface area contributed by atoms with Gasteiger partial charge in [-0.3, -0.25) is 15.3 Å². The van der Waals surface area contributed by atoms with Crippen LogP contribution >= 0.6 is 0 Å². The molecule has 7 heteroatoms. The molecule has 0 heterocycles. The van der Waals surface area contributed by atoms with Crippen LogP contribution in [0.15, 0.2) is 72.8 Å². The highest BCUT2D eigenvalue weighted by atomic mass is 16.6. The van der Waals surface area contributed by atoms with Gasteiger partial charge in [-0.2, -0.15) is 0 Å². The summed E-state index contributed by atoms with van der Waals surface area (Å²) in [5.74, 6) is -0.996. The van der Waals surface area contributed by atoms with E-state index in [-0.39, 0.29) is 5.75 Å². The number of ether oxygens (including phenoxy) is 1. The predicted octanol–water partition coefficient (Wildman–Crippen LogP) is 4.84. The van der Waals surface area contributed by atoms with E-state index >= 15 is 0 Å². The molecule has 7 nitrogen and oxygen atoms in total. The molecule has 3 aromatic carbocycles. The number of amides is 2. The molecule has 3 aromatic rings. The Balaban J connectivity index is 1.94.